The zero-order valence-corrected chi connectivity index (χ0v) is 10.5. The number of thioether (sulfide) groups is 1. The summed E-state index contributed by atoms with van der Waals surface area (Å²) in [5.74, 6) is 0.144. The molecule has 0 saturated heterocycles. The van der Waals surface area contributed by atoms with Crippen molar-refractivity contribution in [2.75, 3.05) is 0 Å². The quantitative estimate of drug-likeness (QED) is 0.459. The third kappa shape index (κ3) is 3.59. The molecule has 0 bridgehead atoms. The Hall–Kier alpha value is -0.960. The van der Waals surface area contributed by atoms with Gasteiger partial charge in [-0.05, 0) is 19.1 Å². The van der Waals surface area contributed by atoms with E-state index in [0.717, 1.165) is 16.0 Å². The summed E-state index contributed by atoms with van der Waals surface area (Å²) in [6.07, 6.45) is 0. The van der Waals surface area contributed by atoms with Crippen molar-refractivity contribution >= 4 is 17.6 Å². The van der Waals surface area contributed by atoms with Gasteiger partial charge in [0.25, 0.3) is 0 Å². The first-order chi connectivity index (χ1) is 6.79. The van der Waals surface area contributed by atoms with Gasteiger partial charge in [0.05, 0.1) is 0 Å². The summed E-state index contributed by atoms with van der Waals surface area (Å²) in [6, 6.07) is 6.07. The molecule has 0 fully saturated rings. The maximum absolute atomic E-state index is 7.55. The minimum Gasteiger partial charge on any atom is -0.384 e. The summed E-state index contributed by atoms with van der Waals surface area (Å²) in [4.78, 5) is 1.08. The first kappa shape index (κ1) is 12.1. The molecule has 1 aromatic rings. The molecular weight excluding hydrogens is 204 g/mol. The summed E-state index contributed by atoms with van der Waals surface area (Å²) >= 11 is 1.74. The molecular formula is C12H18N2S. The molecule has 2 nitrogen and oxygen atoms in total. The second kappa shape index (κ2) is 4.27. The summed E-state index contributed by atoms with van der Waals surface area (Å²) < 4.78 is 0.138. The van der Waals surface area contributed by atoms with Gasteiger partial charge in [-0.2, -0.15) is 0 Å². The minimum atomic E-state index is 0.138. The van der Waals surface area contributed by atoms with Crippen LogP contribution >= 0.6 is 11.8 Å². The molecule has 0 amide bonds. The first-order valence-electron chi connectivity index (χ1n) is 4.93. The lowest BCUT2D eigenvalue weighted by atomic mass is 10.1. The van der Waals surface area contributed by atoms with Gasteiger partial charge in [-0.15, -0.1) is 11.8 Å². The van der Waals surface area contributed by atoms with Crippen LogP contribution in [0.2, 0.25) is 0 Å². The molecule has 0 aliphatic rings. The van der Waals surface area contributed by atoms with Crippen LogP contribution in [0.5, 0.6) is 0 Å². The van der Waals surface area contributed by atoms with Crippen LogP contribution in [-0.2, 0) is 0 Å². The molecule has 0 spiro atoms. The van der Waals surface area contributed by atoms with Crippen LogP contribution in [0.3, 0.4) is 0 Å². The third-order valence-corrected chi connectivity index (χ3v) is 3.03. The second-order valence-electron chi connectivity index (χ2n) is 4.63. The van der Waals surface area contributed by atoms with Gasteiger partial charge in [-0.25, -0.2) is 0 Å². The summed E-state index contributed by atoms with van der Waals surface area (Å²) in [5.41, 5.74) is 7.55. The van der Waals surface area contributed by atoms with E-state index < -0.39 is 0 Å². The van der Waals surface area contributed by atoms with Crippen LogP contribution in [-0.4, -0.2) is 10.6 Å². The fraction of sp³-hybridized carbons (Fsp3) is 0.417. The first-order valence-corrected chi connectivity index (χ1v) is 5.75. The van der Waals surface area contributed by atoms with Crippen LogP contribution in [0.4, 0.5) is 0 Å². The average Bonchev–Trinajstić information content (AvgIpc) is 2.05. The van der Waals surface area contributed by atoms with Crippen molar-refractivity contribution in [1.29, 1.82) is 5.41 Å². The predicted molar refractivity (Wildman–Crippen MR) is 67.8 cm³/mol. The largest absolute Gasteiger partial charge is 0.384 e. The molecule has 82 valence electrons. The molecule has 0 aliphatic carbocycles. The fourth-order valence-electron chi connectivity index (χ4n) is 1.27. The Bertz CT molecular complexity index is 378. The normalized spacial score (nSPS) is 11.5. The standard InChI is InChI=1S/C12H18N2S/c1-8-5-6-10(15-12(2,3)4)9(7-8)11(13)14/h5-7H,1-4H3,(H3,13,14). The molecule has 0 aliphatic heterocycles. The lowest BCUT2D eigenvalue weighted by Crippen LogP contribution is -2.15. The van der Waals surface area contributed by atoms with E-state index in [2.05, 4.69) is 26.8 Å². The molecule has 3 heteroatoms. The number of nitrogen functional groups attached to an aromatic ring is 1. The SMILES string of the molecule is Cc1ccc(SC(C)(C)C)c(C(=N)N)c1. The number of aryl methyl sites for hydroxylation is 1. The van der Waals surface area contributed by atoms with Crippen molar-refractivity contribution in [1.82, 2.24) is 0 Å². The minimum absolute atomic E-state index is 0.138. The van der Waals surface area contributed by atoms with Crippen molar-refractivity contribution in [2.24, 2.45) is 5.73 Å². The average molecular weight is 222 g/mol. The second-order valence-corrected chi connectivity index (χ2v) is 6.50. The highest BCUT2D eigenvalue weighted by atomic mass is 32.2. The molecule has 1 rings (SSSR count). The van der Waals surface area contributed by atoms with Gasteiger partial charge in [0.15, 0.2) is 0 Å². The van der Waals surface area contributed by atoms with E-state index >= 15 is 0 Å². The Balaban J connectivity index is 3.12. The maximum Gasteiger partial charge on any atom is 0.123 e. The molecule has 0 aromatic heterocycles. The van der Waals surface area contributed by atoms with Crippen molar-refractivity contribution in [3.8, 4) is 0 Å². The van der Waals surface area contributed by atoms with E-state index in [0.29, 0.717) is 0 Å². The van der Waals surface area contributed by atoms with Crippen LogP contribution < -0.4 is 5.73 Å². The Morgan fingerprint density at radius 3 is 2.40 bits per heavy atom. The van der Waals surface area contributed by atoms with Crippen molar-refractivity contribution in [3.05, 3.63) is 29.3 Å². The fourth-order valence-corrected chi connectivity index (χ4v) is 2.35. The zero-order valence-electron chi connectivity index (χ0n) is 9.72. The van der Waals surface area contributed by atoms with Gasteiger partial charge in [0.1, 0.15) is 5.84 Å². The number of rotatable bonds is 2. The Labute approximate surface area is 95.8 Å². The van der Waals surface area contributed by atoms with E-state index in [1.807, 2.05) is 19.1 Å². The van der Waals surface area contributed by atoms with Gasteiger partial charge in [-0.1, -0.05) is 32.4 Å². The zero-order chi connectivity index (χ0) is 11.6. The molecule has 0 saturated carbocycles. The third-order valence-electron chi connectivity index (χ3n) is 1.84. The van der Waals surface area contributed by atoms with Gasteiger partial charge in [0, 0.05) is 15.2 Å². The topological polar surface area (TPSA) is 49.9 Å². The number of benzene rings is 1. The van der Waals surface area contributed by atoms with Gasteiger partial charge in [0.2, 0.25) is 0 Å². The molecule has 15 heavy (non-hydrogen) atoms. The Kier molecular flexibility index (Phi) is 3.45. The van der Waals surface area contributed by atoms with E-state index in [4.69, 9.17) is 11.1 Å². The number of nitrogens with one attached hydrogen (secondary N) is 1. The van der Waals surface area contributed by atoms with Gasteiger partial charge >= 0.3 is 0 Å². The lowest BCUT2D eigenvalue weighted by molar-refractivity contribution is 0.802. The number of nitrogens with two attached hydrogens (primary N) is 1. The van der Waals surface area contributed by atoms with Crippen LogP contribution in [0.15, 0.2) is 23.1 Å². The molecule has 1 aromatic carbocycles. The van der Waals surface area contributed by atoms with E-state index in [9.17, 15) is 0 Å². The predicted octanol–water partition coefficient (Wildman–Crippen LogP) is 3.17. The monoisotopic (exact) mass is 222 g/mol. The van der Waals surface area contributed by atoms with Crippen LogP contribution in [0.1, 0.15) is 31.9 Å². The van der Waals surface area contributed by atoms with Crippen molar-refractivity contribution < 1.29 is 0 Å². The number of hydrogen-bond acceptors (Lipinski definition) is 2. The lowest BCUT2D eigenvalue weighted by Gasteiger charge is -2.19. The maximum atomic E-state index is 7.55. The van der Waals surface area contributed by atoms with Crippen LogP contribution in [0.25, 0.3) is 0 Å². The highest BCUT2D eigenvalue weighted by molar-refractivity contribution is 8.00. The van der Waals surface area contributed by atoms with E-state index in [1.165, 1.54) is 0 Å². The number of hydrogen-bond donors (Lipinski definition) is 2. The summed E-state index contributed by atoms with van der Waals surface area (Å²) in [6.45, 7) is 8.47. The highest BCUT2D eigenvalue weighted by Crippen LogP contribution is 2.34. The molecule has 0 atom stereocenters. The van der Waals surface area contributed by atoms with E-state index in [1.54, 1.807) is 11.8 Å². The smallest absolute Gasteiger partial charge is 0.123 e. The van der Waals surface area contributed by atoms with E-state index in [-0.39, 0.29) is 10.6 Å². The van der Waals surface area contributed by atoms with Crippen molar-refractivity contribution in [3.63, 3.8) is 0 Å². The van der Waals surface area contributed by atoms with Gasteiger partial charge < -0.3 is 5.73 Å². The Morgan fingerprint density at radius 1 is 1.33 bits per heavy atom. The molecule has 0 radical (unpaired) electrons. The summed E-state index contributed by atoms with van der Waals surface area (Å²) in [7, 11) is 0. The summed E-state index contributed by atoms with van der Waals surface area (Å²) in [5, 5.41) is 7.55. The Morgan fingerprint density at radius 2 is 1.93 bits per heavy atom. The molecule has 0 heterocycles. The van der Waals surface area contributed by atoms with Crippen molar-refractivity contribution in [2.45, 2.75) is 37.3 Å². The number of amidine groups is 1. The van der Waals surface area contributed by atoms with Gasteiger partial charge in [-0.3, -0.25) is 5.41 Å². The van der Waals surface area contributed by atoms with Crippen LogP contribution in [0, 0.1) is 12.3 Å². The highest BCUT2D eigenvalue weighted by Gasteiger charge is 2.15. The molecule has 0 unspecified atom stereocenters. The molecule has 3 N–H and O–H groups in total.